The first-order chi connectivity index (χ1) is 8.65. The standard InChI is InChI=1S/C14H14N2O2/c1-10-9-15-14(8-13(10)16-11(2)17)18-12-6-4-3-5-7-12/h3-9H,1-2H3,(H,15,16,17). The number of pyridine rings is 1. The molecule has 0 aliphatic rings. The molecule has 0 saturated heterocycles. The van der Waals surface area contributed by atoms with Crippen LogP contribution in [0.5, 0.6) is 11.6 Å². The van der Waals surface area contributed by atoms with E-state index in [1.807, 2.05) is 37.3 Å². The summed E-state index contributed by atoms with van der Waals surface area (Å²) in [6.45, 7) is 3.35. The molecule has 0 bridgehead atoms. The van der Waals surface area contributed by atoms with E-state index in [2.05, 4.69) is 10.3 Å². The summed E-state index contributed by atoms with van der Waals surface area (Å²) >= 11 is 0. The number of rotatable bonds is 3. The average Bonchev–Trinajstić information content (AvgIpc) is 2.34. The number of aromatic nitrogens is 1. The van der Waals surface area contributed by atoms with Gasteiger partial charge >= 0.3 is 0 Å². The number of aryl methyl sites for hydroxylation is 1. The number of ether oxygens (including phenoxy) is 1. The van der Waals surface area contributed by atoms with Crippen molar-refractivity contribution in [1.29, 1.82) is 0 Å². The van der Waals surface area contributed by atoms with Crippen LogP contribution < -0.4 is 10.1 Å². The fourth-order valence-corrected chi connectivity index (χ4v) is 1.49. The molecule has 1 amide bonds. The van der Waals surface area contributed by atoms with Gasteiger partial charge in [-0.1, -0.05) is 18.2 Å². The number of carbonyl (C=O) groups excluding carboxylic acids is 1. The van der Waals surface area contributed by atoms with Crippen molar-refractivity contribution >= 4 is 11.6 Å². The summed E-state index contributed by atoms with van der Waals surface area (Å²) in [6.07, 6.45) is 1.67. The van der Waals surface area contributed by atoms with Crippen molar-refractivity contribution in [2.24, 2.45) is 0 Å². The Balaban J connectivity index is 2.22. The van der Waals surface area contributed by atoms with Gasteiger partial charge in [0.2, 0.25) is 11.8 Å². The largest absolute Gasteiger partial charge is 0.439 e. The van der Waals surface area contributed by atoms with Crippen LogP contribution >= 0.6 is 0 Å². The van der Waals surface area contributed by atoms with Crippen molar-refractivity contribution < 1.29 is 9.53 Å². The van der Waals surface area contributed by atoms with Crippen molar-refractivity contribution in [1.82, 2.24) is 4.98 Å². The molecular weight excluding hydrogens is 228 g/mol. The first kappa shape index (κ1) is 12.1. The van der Waals surface area contributed by atoms with Crippen molar-refractivity contribution in [3.63, 3.8) is 0 Å². The maximum Gasteiger partial charge on any atom is 0.221 e. The Labute approximate surface area is 106 Å². The molecule has 0 fully saturated rings. The molecule has 1 aromatic heterocycles. The van der Waals surface area contributed by atoms with Crippen molar-refractivity contribution in [2.75, 3.05) is 5.32 Å². The van der Waals surface area contributed by atoms with Gasteiger partial charge in [0.15, 0.2) is 0 Å². The van der Waals surface area contributed by atoms with Crippen LogP contribution in [0.1, 0.15) is 12.5 Å². The Morgan fingerprint density at radius 2 is 2.00 bits per heavy atom. The van der Waals surface area contributed by atoms with Crippen molar-refractivity contribution in [3.8, 4) is 11.6 Å². The molecule has 0 radical (unpaired) electrons. The molecule has 0 spiro atoms. The summed E-state index contributed by atoms with van der Waals surface area (Å²) in [4.78, 5) is 15.2. The molecule has 0 aliphatic carbocycles. The molecule has 0 atom stereocenters. The van der Waals surface area contributed by atoms with Gasteiger partial charge in [-0.3, -0.25) is 4.79 Å². The van der Waals surface area contributed by atoms with E-state index in [0.29, 0.717) is 17.3 Å². The van der Waals surface area contributed by atoms with E-state index in [9.17, 15) is 4.79 Å². The van der Waals surface area contributed by atoms with Crippen LogP contribution in [-0.4, -0.2) is 10.9 Å². The number of carbonyl (C=O) groups is 1. The summed E-state index contributed by atoms with van der Waals surface area (Å²) in [5, 5.41) is 2.74. The highest BCUT2D eigenvalue weighted by molar-refractivity contribution is 5.89. The Bertz CT molecular complexity index is 553. The van der Waals surface area contributed by atoms with Gasteiger partial charge in [-0.2, -0.15) is 0 Å². The van der Waals surface area contributed by atoms with E-state index in [4.69, 9.17) is 4.74 Å². The average molecular weight is 242 g/mol. The second-order valence-corrected chi connectivity index (χ2v) is 3.93. The van der Waals surface area contributed by atoms with Gasteiger partial charge in [-0.05, 0) is 24.6 Å². The second-order valence-electron chi connectivity index (χ2n) is 3.93. The summed E-state index contributed by atoms with van der Waals surface area (Å²) < 4.78 is 5.59. The summed E-state index contributed by atoms with van der Waals surface area (Å²) in [6, 6.07) is 11.1. The zero-order valence-electron chi connectivity index (χ0n) is 10.3. The first-order valence-corrected chi connectivity index (χ1v) is 5.62. The molecular formula is C14H14N2O2. The van der Waals surface area contributed by atoms with Crippen molar-refractivity contribution in [2.45, 2.75) is 13.8 Å². The van der Waals surface area contributed by atoms with Crippen LogP contribution in [0.25, 0.3) is 0 Å². The third-order valence-corrected chi connectivity index (χ3v) is 2.35. The van der Waals surface area contributed by atoms with E-state index in [1.54, 1.807) is 12.3 Å². The lowest BCUT2D eigenvalue weighted by molar-refractivity contribution is -0.114. The van der Waals surface area contributed by atoms with Crippen LogP contribution in [-0.2, 0) is 4.79 Å². The minimum atomic E-state index is -0.116. The molecule has 0 aliphatic heterocycles. The fraction of sp³-hybridized carbons (Fsp3) is 0.143. The molecule has 0 saturated carbocycles. The Morgan fingerprint density at radius 3 is 2.67 bits per heavy atom. The Hall–Kier alpha value is -2.36. The minimum absolute atomic E-state index is 0.116. The van der Waals surface area contributed by atoms with Crippen molar-refractivity contribution in [3.05, 3.63) is 48.2 Å². The highest BCUT2D eigenvalue weighted by atomic mass is 16.5. The van der Waals surface area contributed by atoms with Gasteiger partial charge in [0.05, 0.1) is 5.69 Å². The van der Waals surface area contributed by atoms with E-state index in [1.165, 1.54) is 6.92 Å². The number of benzene rings is 1. The third-order valence-electron chi connectivity index (χ3n) is 2.35. The normalized spacial score (nSPS) is 9.89. The SMILES string of the molecule is CC(=O)Nc1cc(Oc2ccccc2)ncc1C. The molecule has 4 heteroatoms. The fourth-order valence-electron chi connectivity index (χ4n) is 1.49. The molecule has 1 N–H and O–H groups in total. The molecule has 1 aromatic carbocycles. The van der Waals surface area contributed by atoms with Crippen LogP contribution in [0, 0.1) is 6.92 Å². The number of amides is 1. The number of hydrogen-bond donors (Lipinski definition) is 1. The van der Waals surface area contributed by atoms with Crippen LogP contribution in [0.15, 0.2) is 42.6 Å². The number of nitrogens with one attached hydrogen (secondary N) is 1. The van der Waals surface area contributed by atoms with Gasteiger partial charge in [-0.25, -0.2) is 4.98 Å². The maximum absolute atomic E-state index is 11.1. The monoisotopic (exact) mass is 242 g/mol. The molecule has 92 valence electrons. The topological polar surface area (TPSA) is 51.2 Å². The smallest absolute Gasteiger partial charge is 0.221 e. The zero-order valence-corrected chi connectivity index (χ0v) is 10.3. The second kappa shape index (κ2) is 5.31. The molecule has 0 unspecified atom stereocenters. The first-order valence-electron chi connectivity index (χ1n) is 5.62. The van der Waals surface area contributed by atoms with E-state index >= 15 is 0 Å². The third kappa shape index (κ3) is 3.07. The lowest BCUT2D eigenvalue weighted by Crippen LogP contribution is -2.07. The van der Waals surface area contributed by atoms with Crippen LogP contribution in [0.4, 0.5) is 5.69 Å². The predicted octanol–water partition coefficient (Wildman–Crippen LogP) is 3.14. The van der Waals surface area contributed by atoms with Gasteiger partial charge in [0, 0.05) is 19.2 Å². The van der Waals surface area contributed by atoms with E-state index in [0.717, 1.165) is 5.56 Å². The van der Waals surface area contributed by atoms with E-state index < -0.39 is 0 Å². The molecule has 1 heterocycles. The van der Waals surface area contributed by atoms with Crippen LogP contribution in [0.3, 0.4) is 0 Å². The zero-order chi connectivity index (χ0) is 13.0. The number of nitrogens with zero attached hydrogens (tertiary/aromatic N) is 1. The lowest BCUT2D eigenvalue weighted by Gasteiger charge is -2.09. The summed E-state index contributed by atoms with van der Waals surface area (Å²) in [7, 11) is 0. The summed E-state index contributed by atoms with van der Waals surface area (Å²) in [5.41, 5.74) is 1.61. The Morgan fingerprint density at radius 1 is 1.28 bits per heavy atom. The van der Waals surface area contributed by atoms with Gasteiger partial charge in [0.1, 0.15) is 5.75 Å². The molecule has 18 heavy (non-hydrogen) atoms. The lowest BCUT2D eigenvalue weighted by atomic mass is 10.2. The number of para-hydroxylation sites is 1. The van der Waals surface area contributed by atoms with Gasteiger partial charge in [-0.15, -0.1) is 0 Å². The Kier molecular flexibility index (Phi) is 3.57. The van der Waals surface area contributed by atoms with Gasteiger partial charge < -0.3 is 10.1 Å². The quantitative estimate of drug-likeness (QED) is 0.899. The minimum Gasteiger partial charge on any atom is -0.439 e. The number of anilines is 1. The predicted molar refractivity (Wildman–Crippen MR) is 69.8 cm³/mol. The highest BCUT2D eigenvalue weighted by Crippen LogP contribution is 2.23. The maximum atomic E-state index is 11.1. The molecule has 2 aromatic rings. The van der Waals surface area contributed by atoms with E-state index in [-0.39, 0.29) is 5.91 Å². The highest BCUT2D eigenvalue weighted by Gasteiger charge is 2.05. The summed E-state index contributed by atoms with van der Waals surface area (Å²) in [5.74, 6) is 1.05. The molecule has 2 rings (SSSR count). The number of hydrogen-bond acceptors (Lipinski definition) is 3. The van der Waals surface area contributed by atoms with Crippen LogP contribution in [0.2, 0.25) is 0 Å². The molecule has 4 nitrogen and oxygen atoms in total. The van der Waals surface area contributed by atoms with Gasteiger partial charge in [0.25, 0.3) is 0 Å².